The lowest BCUT2D eigenvalue weighted by Crippen LogP contribution is -2.41. The number of carbonyl (C=O) groups excluding carboxylic acids is 1. The Hall–Kier alpha value is -4.31. The summed E-state index contributed by atoms with van der Waals surface area (Å²) in [6.07, 6.45) is 3.56. The van der Waals surface area contributed by atoms with E-state index in [1.165, 1.54) is 26.4 Å². The van der Waals surface area contributed by atoms with Crippen molar-refractivity contribution in [3.63, 3.8) is 0 Å². The predicted octanol–water partition coefficient (Wildman–Crippen LogP) is 3.71. The summed E-state index contributed by atoms with van der Waals surface area (Å²) in [7, 11) is -1.16. The van der Waals surface area contributed by atoms with Crippen LogP contribution in [0, 0.1) is 6.92 Å². The van der Waals surface area contributed by atoms with Crippen LogP contribution in [0.4, 0.5) is 5.69 Å². The molecule has 4 aromatic rings. The van der Waals surface area contributed by atoms with Gasteiger partial charge in [-0.05, 0) is 55.0 Å². The average Bonchev–Trinajstić information content (AvgIpc) is 3.36. The highest BCUT2D eigenvalue weighted by Gasteiger charge is 2.29. The van der Waals surface area contributed by atoms with Gasteiger partial charge < -0.3 is 19.4 Å². The van der Waals surface area contributed by atoms with E-state index in [-0.39, 0.29) is 17.1 Å². The number of carbonyl (C=O) groups is 1. The van der Waals surface area contributed by atoms with Crippen molar-refractivity contribution in [1.82, 2.24) is 14.9 Å². The van der Waals surface area contributed by atoms with E-state index in [0.29, 0.717) is 11.5 Å². The van der Waals surface area contributed by atoms with Gasteiger partial charge in [-0.15, -0.1) is 0 Å². The maximum Gasteiger partial charge on any atom is 0.264 e. The van der Waals surface area contributed by atoms with Crippen LogP contribution in [0.2, 0.25) is 0 Å². The van der Waals surface area contributed by atoms with Crippen LogP contribution in [0.5, 0.6) is 11.5 Å². The van der Waals surface area contributed by atoms with Gasteiger partial charge in [-0.3, -0.25) is 9.10 Å². The third kappa shape index (κ3) is 5.59. The third-order valence-corrected chi connectivity index (χ3v) is 7.62. The highest BCUT2D eigenvalue weighted by molar-refractivity contribution is 7.92. The largest absolute Gasteiger partial charge is 0.497 e. The predicted molar refractivity (Wildman–Crippen MR) is 141 cm³/mol. The van der Waals surface area contributed by atoms with E-state index in [0.717, 1.165) is 21.4 Å². The Balaban J connectivity index is 1.61. The van der Waals surface area contributed by atoms with Gasteiger partial charge in [0.05, 0.1) is 30.5 Å². The Labute approximate surface area is 216 Å². The Morgan fingerprint density at radius 2 is 1.68 bits per heavy atom. The fraction of sp³-hybridized carbons (Fsp3) is 0.185. The minimum absolute atomic E-state index is 0.0212. The lowest BCUT2D eigenvalue weighted by molar-refractivity contribution is -0.119. The molecule has 37 heavy (non-hydrogen) atoms. The van der Waals surface area contributed by atoms with Gasteiger partial charge >= 0.3 is 0 Å². The van der Waals surface area contributed by atoms with Crippen molar-refractivity contribution in [3.05, 3.63) is 96.6 Å². The van der Waals surface area contributed by atoms with Crippen molar-refractivity contribution in [1.29, 1.82) is 0 Å². The summed E-state index contributed by atoms with van der Waals surface area (Å²) < 4.78 is 40.9. The standard InChI is InChI=1S/C27H28N4O5S/c1-20-28-16-17-30(20)24-9-5-4-8-21(24)18-29-27(32)19-31(25-10-6-7-11-26(25)36-3)37(33,34)23-14-12-22(35-2)13-15-23/h4-17H,18-19H2,1-3H3,(H,29,32). The number of imidazole rings is 1. The average molecular weight is 521 g/mol. The van der Waals surface area contributed by atoms with Gasteiger partial charge in [-0.2, -0.15) is 0 Å². The molecule has 4 rings (SSSR count). The molecular weight excluding hydrogens is 492 g/mol. The number of methoxy groups -OCH3 is 2. The smallest absolute Gasteiger partial charge is 0.264 e. The van der Waals surface area contributed by atoms with Crippen LogP contribution in [0.25, 0.3) is 5.69 Å². The van der Waals surface area contributed by atoms with Crippen LogP contribution in [0.15, 0.2) is 90.1 Å². The van der Waals surface area contributed by atoms with Crippen LogP contribution < -0.4 is 19.1 Å². The number of rotatable bonds is 10. The number of para-hydroxylation sites is 3. The summed E-state index contributed by atoms with van der Waals surface area (Å²) in [5, 5.41) is 2.86. The van der Waals surface area contributed by atoms with Crippen molar-refractivity contribution in [2.24, 2.45) is 0 Å². The summed E-state index contributed by atoms with van der Waals surface area (Å²) in [6, 6.07) is 20.3. The minimum atomic E-state index is -4.11. The van der Waals surface area contributed by atoms with Crippen LogP contribution in [-0.2, 0) is 21.4 Å². The first-order valence-electron chi connectivity index (χ1n) is 11.5. The zero-order valence-electron chi connectivity index (χ0n) is 20.8. The molecule has 0 saturated heterocycles. The Morgan fingerprint density at radius 1 is 0.973 bits per heavy atom. The van der Waals surface area contributed by atoms with E-state index >= 15 is 0 Å². The zero-order chi connectivity index (χ0) is 26.4. The number of amides is 1. The van der Waals surface area contributed by atoms with E-state index in [1.807, 2.05) is 42.0 Å². The lowest BCUT2D eigenvalue weighted by Gasteiger charge is -2.25. The Morgan fingerprint density at radius 3 is 2.35 bits per heavy atom. The zero-order valence-corrected chi connectivity index (χ0v) is 21.6. The number of hydrogen-bond donors (Lipinski definition) is 1. The molecule has 0 atom stereocenters. The first-order chi connectivity index (χ1) is 17.8. The van der Waals surface area contributed by atoms with Crippen molar-refractivity contribution >= 4 is 21.6 Å². The molecule has 10 heteroatoms. The molecule has 1 N–H and O–H groups in total. The molecule has 0 aliphatic rings. The number of anilines is 1. The molecule has 192 valence electrons. The summed E-state index contributed by atoms with van der Waals surface area (Å²) in [5.41, 5.74) is 1.99. The molecule has 1 aromatic heterocycles. The highest BCUT2D eigenvalue weighted by Crippen LogP contribution is 2.32. The fourth-order valence-corrected chi connectivity index (χ4v) is 5.35. The van der Waals surface area contributed by atoms with Gasteiger partial charge in [-0.1, -0.05) is 30.3 Å². The molecule has 0 fully saturated rings. The van der Waals surface area contributed by atoms with Crippen molar-refractivity contribution < 1.29 is 22.7 Å². The third-order valence-electron chi connectivity index (χ3n) is 5.84. The number of hydrogen-bond acceptors (Lipinski definition) is 6. The molecular formula is C27H28N4O5S. The monoisotopic (exact) mass is 520 g/mol. The molecule has 1 heterocycles. The van der Waals surface area contributed by atoms with Crippen molar-refractivity contribution in [2.45, 2.75) is 18.4 Å². The molecule has 1 amide bonds. The van der Waals surface area contributed by atoms with Crippen molar-refractivity contribution in [2.75, 3.05) is 25.1 Å². The quantitative estimate of drug-likeness (QED) is 0.342. The highest BCUT2D eigenvalue weighted by atomic mass is 32.2. The molecule has 9 nitrogen and oxygen atoms in total. The SMILES string of the molecule is COc1ccc(S(=O)(=O)N(CC(=O)NCc2ccccc2-n2ccnc2C)c2ccccc2OC)cc1. The fourth-order valence-electron chi connectivity index (χ4n) is 3.92. The number of nitrogens with one attached hydrogen (secondary N) is 1. The van der Waals surface area contributed by atoms with E-state index in [2.05, 4.69) is 10.3 Å². The Bertz CT molecular complexity index is 1480. The second-order valence-corrected chi connectivity index (χ2v) is 9.97. The van der Waals surface area contributed by atoms with Crippen LogP contribution in [0.3, 0.4) is 0 Å². The van der Waals surface area contributed by atoms with E-state index in [4.69, 9.17) is 9.47 Å². The number of ether oxygens (including phenoxy) is 2. The van der Waals surface area contributed by atoms with E-state index < -0.39 is 22.5 Å². The maximum absolute atomic E-state index is 13.7. The lowest BCUT2D eigenvalue weighted by atomic mass is 10.1. The molecule has 0 bridgehead atoms. The summed E-state index contributed by atoms with van der Waals surface area (Å²) in [5.74, 6) is 1.19. The molecule has 0 radical (unpaired) electrons. The molecule has 0 saturated carbocycles. The molecule has 0 unspecified atom stereocenters. The van der Waals surface area contributed by atoms with Crippen LogP contribution in [-0.4, -0.2) is 44.6 Å². The molecule has 3 aromatic carbocycles. The number of benzene rings is 3. The number of sulfonamides is 1. The first kappa shape index (κ1) is 25.8. The van der Waals surface area contributed by atoms with Gasteiger partial charge in [-0.25, -0.2) is 13.4 Å². The first-order valence-corrected chi connectivity index (χ1v) is 12.9. The normalized spacial score (nSPS) is 11.1. The summed E-state index contributed by atoms with van der Waals surface area (Å²) in [4.78, 5) is 17.4. The van der Waals surface area contributed by atoms with Crippen LogP contribution >= 0.6 is 0 Å². The Kier molecular flexibility index (Phi) is 7.78. The van der Waals surface area contributed by atoms with E-state index in [1.54, 1.807) is 42.6 Å². The summed E-state index contributed by atoms with van der Waals surface area (Å²) >= 11 is 0. The van der Waals surface area contributed by atoms with Gasteiger partial charge in [0.25, 0.3) is 10.0 Å². The molecule has 0 aliphatic heterocycles. The second-order valence-electron chi connectivity index (χ2n) is 8.11. The van der Waals surface area contributed by atoms with Gasteiger partial charge in [0.2, 0.25) is 5.91 Å². The van der Waals surface area contributed by atoms with Gasteiger partial charge in [0.15, 0.2) is 0 Å². The second kappa shape index (κ2) is 11.2. The van der Waals surface area contributed by atoms with Gasteiger partial charge in [0.1, 0.15) is 23.9 Å². The number of aromatic nitrogens is 2. The molecule has 0 spiro atoms. The maximum atomic E-state index is 13.7. The minimum Gasteiger partial charge on any atom is -0.497 e. The number of nitrogens with zero attached hydrogens (tertiary/aromatic N) is 3. The van der Waals surface area contributed by atoms with Crippen LogP contribution in [0.1, 0.15) is 11.4 Å². The van der Waals surface area contributed by atoms with E-state index in [9.17, 15) is 13.2 Å². The number of aryl methyl sites for hydroxylation is 1. The molecule has 0 aliphatic carbocycles. The van der Waals surface area contributed by atoms with Gasteiger partial charge in [0, 0.05) is 18.9 Å². The topological polar surface area (TPSA) is 103 Å². The van der Waals surface area contributed by atoms with Crippen molar-refractivity contribution in [3.8, 4) is 17.2 Å². The summed E-state index contributed by atoms with van der Waals surface area (Å²) in [6.45, 7) is 1.65.